The van der Waals surface area contributed by atoms with Crippen LogP contribution in [0.3, 0.4) is 0 Å². The lowest BCUT2D eigenvalue weighted by atomic mass is 10.3. The maximum absolute atomic E-state index is 11.9. The minimum absolute atomic E-state index is 0.118. The predicted octanol–water partition coefficient (Wildman–Crippen LogP) is 4.24. The van der Waals surface area contributed by atoms with Crippen molar-refractivity contribution in [3.8, 4) is 5.75 Å². The van der Waals surface area contributed by atoms with E-state index in [4.69, 9.17) is 32.4 Å². The Balaban J connectivity index is 2.22. The van der Waals surface area contributed by atoms with Gasteiger partial charge < -0.3 is 14.5 Å². The Morgan fingerprint density at radius 1 is 1.32 bits per heavy atom. The zero-order valence-electron chi connectivity index (χ0n) is 10.1. The largest absolute Gasteiger partial charge is 0.492 e. The van der Waals surface area contributed by atoms with Crippen LogP contribution in [0, 0.1) is 0 Å². The summed E-state index contributed by atoms with van der Waals surface area (Å²) in [5.41, 5.74) is 0.479. The van der Waals surface area contributed by atoms with Crippen molar-refractivity contribution in [3.63, 3.8) is 0 Å². The number of rotatable bonds is 4. The maximum atomic E-state index is 11.9. The maximum Gasteiger partial charge on any atom is 0.291 e. The number of anilines is 1. The van der Waals surface area contributed by atoms with Crippen molar-refractivity contribution in [2.45, 2.75) is 6.92 Å². The fourth-order valence-corrected chi connectivity index (χ4v) is 1.82. The molecule has 0 saturated heterocycles. The van der Waals surface area contributed by atoms with E-state index in [0.717, 1.165) is 0 Å². The van der Waals surface area contributed by atoms with Crippen LogP contribution < -0.4 is 10.1 Å². The molecule has 6 heteroatoms. The number of furan rings is 1. The van der Waals surface area contributed by atoms with Gasteiger partial charge >= 0.3 is 0 Å². The molecule has 0 aliphatic rings. The molecule has 1 heterocycles. The molecule has 1 amide bonds. The van der Waals surface area contributed by atoms with Gasteiger partial charge in [-0.1, -0.05) is 11.6 Å². The average Bonchev–Trinajstić information content (AvgIpc) is 2.80. The van der Waals surface area contributed by atoms with Gasteiger partial charge in [0.2, 0.25) is 0 Å². The minimum Gasteiger partial charge on any atom is -0.492 e. The Morgan fingerprint density at radius 3 is 2.74 bits per heavy atom. The topological polar surface area (TPSA) is 51.5 Å². The van der Waals surface area contributed by atoms with Gasteiger partial charge in [-0.2, -0.15) is 0 Å². The van der Waals surface area contributed by atoms with Gasteiger partial charge in [0, 0.05) is 5.02 Å². The molecule has 0 unspecified atom stereocenters. The third kappa shape index (κ3) is 3.43. The second-order valence-corrected chi connectivity index (χ2v) is 4.44. The number of carbonyl (C=O) groups excluding carboxylic acids is 1. The lowest BCUT2D eigenvalue weighted by molar-refractivity contribution is 0.0996. The molecular weight excluding hydrogens is 289 g/mol. The van der Waals surface area contributed by atoms with Crippen LogP contribution in [0.4, 0.5) is 5.69 Å². The molecule has 0 aliphatic heterocycles. The summed E-state index contributed by atoms with van der Waals surface area (Å²) in [6, 6.07) is 7.97. The Morgan fingerprint density at radius 2 is 2.11 bits per heavy atom. The molecule has 4 nitrogen and oxygen atoms in total. The fraction of sp³-hybridized carbons (Fsp3) is 0.154. The van der Waals surface area contributed by atoms with Crippen LogP contribution >= 0.6 is 23.2 Å². The lowest BCUT2D eigenvalue weighted by Gasteiger charge is -2.11. The van der Waals surface area contributed by atoms with Crippen molar-refractivity contribution in [3.05, 3.63) is 46.3 Å². The highest BCUT2D eigenvalue weighted by Gasteiger charge is 2.13. The van der Waals surface area contributed by atoms with Crippen molar-refractivity contribution < 1.29 is 13.9 Å². The van der Waals surface area contributed by atoms with E-state index in [2.05, 4.69) is 5.32 Å². The molecule has 0 saturated carbocycles. The fourth-order valence-electron chi connectivity index (χ4n) is 1.50. The molecule has 2 rings (SSSR count). The second kappa shape index (κ2) is 5.99. The monoisotopic (exact) mass is 299 g/mol. The standard InChI is InChI=1S/C13H11Cl2NO3/c1-2-18-10-4-3-8(14)7-9(10)16-13(17)11-5-6-12(15)19-11/h3-7H,2H2,1H3,(H,16,17). The molecule has 0 bridgehead atoms. The number of amides is 1. The van der Waals surface area contributed by atoms with E-state index >= 15 is 0 Å². The van der Waals surface area contributed by atoms with Gasteiger partial charge in [-0.3, -0.25) is 4.79 Å². The van der Waals surface area contributed by atoms with Gasteiger partial charge in [0.25, 0.3) is 5.91 Å². The summed E-state index contributed by atoms with van der Waals surface area (Å²) < 4.78 is 10.4. The average molecular weight is 300 g/mol. The van der Waals surface area contributed by atoms with Crippen LogP contribution in [0.5, 0.6) is 5.75 Å². The predicted molar refractivity (Wildman–Crippen MR) is 74.3 cm³/mol. The molecule has 1 N–H and O–H groups in total. The first-order chi connectivity index (χ1) is 9.10. The van der Waals surface area contributed by atoms with Gasteiger partial charge in [0.15, 0.2) is 11.0 Å². The van der Waals surface area contributed by atoms with Gasteiger partial charge in [-0.25, -0.2) is 0 Å². The van der Waals surface area contributed by atoms with Crippen molar-refractivity contribution in [1.82, 2.24) is 0 Å². The number of hydrogen-bond donors (Lipinski definition) is 1. The highest BCUT2D eigenvalue weighted by Crippen LogP contribution is 2.28. The van der Waals surface area contributed by atoms with Gasteiger partial charge in [-0.15, -0.1) is 0 Å². The quantitative estimate of drug-likeness (QED) is 0.919. The SMILES string of the molecule is CCOc1ccc(Cl)cc1NC(=O)c1ccc(Cl)o1. The summed E-state index contributed by atoms with van der Waals surface area (Å²) in [4.78, 5) is 11.9. The Labute approximate surface area is 120 Å². The molecule has 0 radical (unpaired) electrons. The summed E-state index contributed by atoms with van der Waals surface area (Å²) in [6.45, 7) is 2.34. The molecule has 1 aromatic carbocycles. The number of ether oxygens (including phenoxy) is 1. The van der Waals surface area contributed by atoms with E-state index < -0.39 is 5.91 Å². The van der Waals surface area contributed by atoms with Crippen LogP contribution in [0.1, 0.15) is 17.5 Å². The highest BCUT2D eigenvalue weighted by molar-refractivity contribution is 6.31. The number of halogens is 2. The first-order valence-corrected chi connectivity index (χ1v) is 6.34. The second-order valence-electron chi connectivity index (χ2n) is 3.63. The van der Waals surface area contributed by atoms with Crippen molar-refractivity contribution >= 4 is 34.8 Å². The van der Waals surface area contributed by atoms with E-state index in [-0.39, 0.29) is 11.0 Å². The van der Waals surface area contributed by atoms with Gasteiger partial charge in [0.05, 0.1) is 12.3 Å². The Kier molecular flexibility index (Phi) is 4.35. The summed E-state index contributed by atoms with van der Waals surface area (Å²) in [5.74, 6) is 0.237. The number of hydrogen-bond acceptors (Lipinski definition) is 3. The Hall–Kier alpha value is -1.65. The van der Waals surface area contributed by atoms with E-state index in [1.54, 1.807) is 18.2 Å². The van der Waals surface area contributed by atoms with Crippen LogP contribution in [-0.2, 0) is 0 Å². The van der Waals surface area contributed by atoms with Gasteiger partial charge in [0.1, 0.15) is 5.75 Å². The van der Waals surface area contributed by atoms with Crippen molar-refractivity contribution in [2.24, 2.45) is 0 Å². The molecular formula is C13H11Cl2NO3. The van der Waals surface area contributed by atoms with Crippen LogP contribution in [0.2, 0.25) is 10.2 Å². The van der Waals surface area contributed by atoms with Gasteiger partial charge in [-0.05, 0) is 48.9 Å². The van der Waals surface area contributed by atoms with E-state index in [1.807, 2.05) is 6.92 Å². The zero-order valence-corrected chi connectivity index (χ0v) is 11.6. The molecule has 0 atom stereocenters. The summed E-state index contributed by atoms with van der Waals surface area (Å²) >= 11 is 11.5. The first kappa shape index (κ1) is 13.8. The number of nitrogens with one attached hydrogen (secondary N) is 1. The van der Waals surface area contributed by atoms with Crippen LogP contribution in [0.15, 0.2) is 34.7 Å². The third-order valence-electron chi connectivity index (χ3n) is 2.29. The van der Waals surface area contributed by atoms with E-state index in [9.17, 15) is 4.79 Å². The lowest BCUT2D eigenvalue weighted by Crippen LogP contribution is -2.12. The van der Waals surface area contributed by atoms with Crippen molar-refractivity contribution in [2.75, 3.05) is 11.9 Å². The molecule has 0 fully saturated rings. The number of benzene rings is 1. The Bertz CT molecular complexity index is 595. The van der Waals surface area contributed by atoms with E-state index in [1.165, 1.54) is 12.1 Å². The van der Waals surface area contributed by atoms with E-state index in [0.29, 0.717) is 23.1 Å². The molecule has 0 aliphatic carbocycles. The minimum atomic E-state index is -0.421. The van der Waals surface area contributed by atoms with Crippen LogP contribution in [-0.4, -0.2) is 12.5 Å². The first-order valence-electron chi connectivity index (χ1n) is 5.59. The zero-order chi connectivity index (χ0) is 13.8. The molecule has 100 valence electrons. The molecule has 19 heavy (non-hydrogen) atoms. The summed E-state index contributed by atoms with van der Waals surface area (Å²) in [6.07, 6.45) is 0. The van der Waals surface area contributed by atoms with Crippen LogP contribution in [0.25, 0.3) is 0 Å². The molecule has 0 spiro atoms. The summed E-state index contributed by atoms with van der Waals surface area (Å²) in [7, 11) is 0. The molecule has 2 aromatic rings. The third-order valence-corrected chi connectivity index (χ3v) is 2.72. The highest BCUT2D eigenvalue weighted by atomic mass is 35.5. The van der Waals surface area contributed by atoms with Crippen molar-refractivity contribution in [1.29, 1.82) is 0 Å². The summed E-state index contributed by atoms with van der Waals surface area (Å²) in [5, 5.41) is 3.32. The number of carbonyl (C=O) groups is 1. The smallest absolute Gasteiger partial charge is 0.291 e. The molecule has 1 aromatic heterocycles. The normalized spacial score (nSPS) is 10.3.